The van der Waals surface area contributed by atoms with Crippen LogP contribution in [-0.4, -0.2) is 42.0 Å². The molecule has 1 saturated heterocycles. The number of hydrogen-bond donors (Lipinski definition) is 1. The Balaban J connectivity index is 2.12. The van der Waals surface area contributed by atoms with Crippen LogP contribution in [0.3, 0.4) is 0 Å². The van der Waals surface area contributed by atoms with E-state index in [1.54, 1.807) is 7.11 Å². The van der Waals surface area contributed by atoms with Crippen LogP contribution in [0.1, 0.15) is 32.0 Å². The summed E-state index contributed by atoms with van der Waals surface area (Å²) in [6, 6.07) is 7.79. The summed E-state index contributed by atoms with van der Waals surface area (Å²) >= 11 is 1.84. The van der Waals surface area contributed by atoms with Crippen molar-refractivity contribution in [1.29, 1.82) is 0 Å². The molecular formula is C16H24N2O2S. The molecule has 1 aromatic rings. The maximum atomic E-state index is 12.3. The van der Waals surface area contributed by atoms with Crippen LogP contribution in [0, 0.1) is 0 Å². The fourth-order valence-corrected chi connectivity index (χ4v) is 2.86. The molecule has 21 heavy (non-hydrogen) atoms. The molecule has 5 heteroatoms. The predicted molar refractivity (Wildman–Crippen MR) is 87.6 cm³/mol. The second kappa shape index (κ2) is 7.18. The van der Waals surface area contributed by atoms with Crippen molar-refractivity contribution in [2.75, 3.05) is 19.9 Å². The lowest BCUT2D eigenvalue weighted by Crippen LogP contribution is -2.32. The topological polar surface area (TPSA) is 41.6 Å². The van der Waals surface area contributed by atoms with E-state index in [4.69, 9.17) is 4.74 Å². The van der Waals surface area contributed by atoms with Gasteiger partial charge in [0.1, 0.15) is 11.9 Å². The van der Waals surface area contributed by atoms with Gasteiger partial charge in [-0.05, 0) is 37.3 Å². The Morgan fingerprint density at radius 3 is 2.62 bits per heavy atom. The van der Waals surface area contributed by atoms with Crippen molar-refractivity contribution in [2.45, 2.75) is 37.7 Å². The quantitative estimate of drug-likeness (QED) is 0.877. The van der Waals surface area contributed by atoms with Gasteiger partial charge in [0.15, 0.2) is 0 Å². The Bertz CT molecular complexity index is 478. The van der Waals surface area contributed by atoms with Crippen LogP contribution in [0.25, 0.3) is 0 Å². The van der Waals surface area contributed by atoms with E-state index in [0.717, 1.165) is 24.3 Å². The van der Waals surface area contributed by atoms with E-state index >= 15 is 0 Å². The van der Waals surface area contributed by atoms with Crippen LogP contribution in [0.15, 0.2) is 24.3 Å². The van der Waals surface area contributed by atoms with Gasteiger partial charge in [-0.1, -0.05) is 19.1 Å². The third kappa shape index (κ3) is 3.71. The Kier molecular flexibility index (Phi) is 5.53. The molecule has 1 aliphatic heterocycles. The summed E-state index contributed by atoms with van der Waals surface area (Å²) in [5.74, 6) is 1.02. The predicted octanol–water partition coefficient (Wildman–Crippen LogP) is 2.66. The van der Waals surface area contributed by atoms with Gasteiger partial charge in [-0.25, -0.2) is 0 Å². The van der Waals surface area contributed by atoms with E-state index in [2.05, 4.69) is 18.5 Å². The van der Waals surface area contributed by atoms with Gasteiger partial charge in [0.05, 0.1) is 13.2 Å². The third-order valence-electron chi connectivity index (χ3n) is 3.98. The maximum Gasteiger partial charge on any atom is 0.241 e. The van der Waals surface area contributed by atoms with E-state index in [9.17, 15) is 4.79 Å². The van der Waals surface area contributed by atoms with Crippen molar-refractivity contribution >= 4 is 17.7 Å². The third-order valence-corrected chi connectivity index (χ3v) is 5.02. The number of nitrogens with one attached hydrogen (secondary N) is 1. The van der Waals surface area contributed by atoms with Crippen LogP contribution >= 0.6 is 11.8 Å². The van der Waals surface area contributed by atoms with Gasteiger partial charge < -0.3 is 9.64 Å². The van der Waals surface area contributed by atoms with E-state index in [-0.39, 0.29) is 18.1 Å². The average molecular weight is 308 g/mol. The van der Waals surface area contributed by atoms with E-state index in [1.807, 2.05) is 47.9 Å². The highest BCUT2D eigenvalue weighted by atomic mass is 32.2. The largest absolute Gasteiger partial charge is 0.497 e. The Hall–Kier alpha value is -1.20. The van der Waals surface area contributed by atoms with Gasteiger partial charge >= 0.3 is 0 Å². The summed E-state index contributed by atoms with van der Waals surface area (Å²) in [6.45, 7) is 4.91. The lowest BCUT2D eigenvalue weighted by atomic mass is 10.1. The fraction of sp³-hybridized carbons (Fsp3) is 0.562. The summed E-state index contributed by atoms with van der Waals surface area (Å²) in [7, 11) is 1.66. The number of hydrogen-bond acceptors (Lipinski definition) is 4. The molecule has 1 aliphatic rings. The number of thioether (sulfide) groups is 1. The Morgan fingerprint density at radius 2 is 2.05 bits per heavy atom. The molecule has 3 unspecified atom stereocenters. The lowest BCUT2D eigenvalue weighted by Gasteiger charge is -2.25. The Morgan fingerprint density at radius 1 is 1.38 bits per heavy atom. The first-order chi connectivity index (χ1) is 10.1. The zero-order valence-electron chi connectivity index (χ0n) is 13.1. The van der Waals surface area contributed by atoms with Gasteiger partial charge in [0.25, 0.3) is 0 Å². The average Bonchev–Trinajstić information content (AvgIpc) is 2.80. The maximum absolute atomic E-state index is 12.3. The summed E-state index contributed by atoms with van der Waals surface area (Å²) in [4.78, 5) is 14.3. The molecule has 0 aliphatic carbocycles. The second-order valence-corrected chi connectivity index (χ2v) is 6.71. The van der Waals surface area contributed by atoms with Crippen molar-refractivity contribution in [2.24, 2.45) is 0 Å². The zero-order valence-corrected chi connectivity index (χ0v) is 13.9. The van der Waals surface area contributed by atoms with Crippen molar-refractivity contribution in [3.05, 3.63) is 29.8 Å². The first-order valence-electron chi connectivity index (χ1n) is 7.30. The first kappa shape index (κ1) is 16.2. The SMILES string of the molecule is COc1ccc(C2NC(C)C(=O)N2CCC(C)SC)cc1. The number of amides is 1. The monoisotopic (exact) mass is 308 g/mol. The highest BCUT2D eigenvalue weighted by Gasteiger charge is 2.36. The van der Waals surface area contributed by atoms with E-state index in [0.29, 0.717) is 5.25 Å². The molecule has 1 heterocycles. The van der Waals surface area contributed by atoms with Crippen LogP contribution in [0.4, 0.5) is 0 Å². The molecule has 1 amide bonds. The standard InChI is InChI=1S/C16H24N2O2S/c1-11(21-4)9-10-18-15(17-12(2)16(18)19)13-5-7-14(20-3)8-6-13/h5-8,11-12,15,17H,9-10H2,1-4H3. The van der Waals surface area contributed by atoms with E-state index < -0.39 is 0 Å². The number of nitrogens with zero attached hydrogens (tertiary/aromatic N) is 1. The number of carbonyl (C=O) groups excluding carboxylic acids is 1. The number of benzene rings is 1. The van der Waals surface area contributed by atoms with Crippen molar-refractivity contribution in [1.82, 2.24) is 10.2 Å². The van der Waals surface area contributed by atoms with Crippen molar-refractivity contribution in [3.8, 4) is 5.75 Å². The molecule has 0 radical (unpaired) electrons. The highest BCUT2D eigenvalue weighted by Crippen LogP contribution is 2.27. The van der Waals surface area contributed by atoms with Crippen LogP contribution in [0.2, 0.25) is 0 Å². The van der Waals surface area contributed by atoms with Crippen molar-refractivity contribution in [3.63, 3.8) is 0 Å². The lowest BCUT2D eigenvalue weighted by molar-refractivity contribution is -0.129. The zero-order chi connectivity index (χ0) is 15.4. The molecule has 3 atom stereocenters. The Labute approximate surface area is 131 Å². The number of rotatable bonds is 6. The highest BCUT2D eigenvalue weighted by molar-refractivity contribution is 7.99. The molecule has 0 bridgehead atoms. The first-order valence-corrected chi connectivity index (χ1v) is 8.59. The minimum absolute atomic E-state index is 0.0348. The number of methoxy groups -OCH3 is 1. The summed E-state index contributed by atoms with van der Waals surface area (Å²) < 4.78 is 5.19. The normalized spacial score (nSPS) is 23.4. The molecule has 4 nitrogen and oxygen atoms in total. The second-order valence-electron chi connectivity index (χ2n) is 5.43. The smallest absolute Gasteiger partial charge is 0.241 e. The van der Waals surface area contributed by atoms with Crippen LogP contribution in [0.5, 0.6) is 5.75 Å². The molecule has 1 N–H and O–H groups in total. The van der Waals surface area contributed by atoms with Crippen LogP contribution < -0.4 is 10.1 Å². The summed E-state index contributed by atoms with van der Waals surface area (Å²) in [5.41, 5.74) is 1.10. The van der Waals surface area contributed by atoms with Gasteiger partial charge in [-0.15, -0.1) is 0 Å². The van der Waals surface area contributed by atoms with Gasteiger partial charge in [0, 0.05) is 11.8 Å². The minimum atomic E-state index is -0.123. The molecular weight excluding hydrogens is 284 g/mol. The molecule has 0 saturated carbocycles. The van der Waals surface area contributed by atoms with Crippen molar-refractivity contribution < 1.29 is 9.53 Å². The summed E-state index contributed by atoms with van der Waals surface area (Å²) in [5, 5.41) is 3.94. The number of ether oxygens (including phenoxy) is 1. The van der Waals surface area contributed by atoms with Gasteiger partial charge in [-0.3, -0.25) is 10.1 Å². The minimum Gasteiger partial charge on any atom is -0.497 e. The molecule has 1 fully saturated rings. The molecule has 2 rings (SSSR count). The summed E-state index contributed by atoms with van der Waals surface area (Å²) in [6.07, 6.45) is 3.08. The molecule has 1 aromatic carbocycles. The van der Waals surface area contributed by atoms with Gasteiger partial charge in [0.2, 0.25) is 5.91 Å². The van der Waals surface area contributed by atoms with Gasteiger partial charge in [-0.2, -0.15) is 11.8 Å². The molecule has 0 aromatic heterocycles. The fourth-order valence-electron chi connectivity index (χ4n) is 2.51. The molecule has 116 valence electrons. The molecule has 0 spiro atoms. The van der Waals surface area contributed by atoms with E-state index in [1.165, 1.54) is 0 Å². The van der Waals surface area contributed by atoms with Crippen LogP contribution in [-0.2, 0) is 4.79 Å². The number of carbonyl (C=O) groups is 1.